The SMILES string of the molecule is N#CCc1c2[nH]c3ccccc3c2cc2[nH]c3ccccc3c12. The maximum Gasteiger partial charge on any atom is 0.0670 e. The summed E-state index contributed by atoms with van der Waals surface area (Å²) in [6, 6.07) is 21.1. The Balaban J connectivity index is 2.08. The van der Waals surface area contributed by atoms with Gasteiger partial charge in [-0.05, 0) is 18.2 Å². The van der Waals surface area contributed by atoms with Crippen LogP contribution in [0.15, 0.2) is 54.6 Å². The van der Waals surface area contributed by atoms with Gasteiger partial charge in [0.1, 0.15) is 0 Å². The number of hydrogen-bond acceptors (Lipinski definition) is 1. The van der Waals surface area contributed by atoms with E-state index in [0.717, 1.165) is 33.0 Å². The number of aromatic nitrogens is 2. The highest BCUT2D eigenvalue weighted by Crippen LogP contribution is 2.36. The molecular weight excluding hydrogens is 282 g/mol. The van der Waals surface area contributed by atoms with Gasteiger partial charge in [0.2, 0.25) is 0 Å². The number of H-pyrrole nitrogens is 2. The Hall–Kier alpha value is -3.25. The number of rotatable bonds is 1. The van der Waals surface area contributed by atoms with Crippen LogP contribution in [0.4, 0.5) is 0 Å². The summed E-state index contributed by atoms with van der Waals surface area (Å²) in [5, 5.41) is 14.0. The van der Waals surface area contributed by atoms with E-state index in [9.17, 15) is 5.26 Å². The molecule has 0 amide bonds. The van der Waals surface area contributed by atoms with Crippen LogP contribution in [0.5, 0.6) is 0 Å². The van der Waals surface area contributed by atoms with Gasteiger partial charge in [-0.15, -0.1) is 0 Å². The average Bonchev–Trinajstić information content (AvgIpc) is 3.13. The minimum absolute atomic E-state index is 0.391. The fourth-order valence-corrected chi connectivity index (χ4v) is 3.67. The summed E-state index contributed by atoms with van der Waals surface area (Å²) in [6.45, 7) is 0. The van der Waals surface area contributed by atoms with Crippen LogP contribution in [0, 0.1) is 11.3 Å². The second-order valence-electron chi connectivity index (χ2n) is 5.88. The van der Waals surface area contributed by atoms with Crippen LogP contribution in [0.3, 0.4) is 0 Å². The highest BCUT2D eigenvalue weighted by molar-refractivity contribution is 6.19. The van der Waals surface area contributed by atoms with Gasteiger partial charge in [0.05, 0.1) is 18.0 Å². The van der Waals surface area contributed by atoms with Crippen LogP contribution in [0.25, 0.3) is 43.6 Å². The lowest BCUT2D eigenvalue weighted by atomic mass is 10.0. The summed E-state index contributed by atoms with van der Waals surface area (Å²) >= 11 is 0. The molecule has 0 aliphatic rings. The summed E-state index contributed by atoms with van der Waals surface area (Å²) in [4.78, 5) is 7.01. The topological polar surface area (TPSA) is 55.4 Å². The minimum Gasteiger partial charge on any atom is -0.354 e. The van der Waals surface area contributed by atoms with Crippen LogP contribution in [-0.4, -0.2) is 9.97 Å². The first-order chi connectivity index (χ1) is 11.4. The van der Waals surface area contributed by atoms with E-state index in [4.69, 9.17) is 0 Å². The van der Waals surface area contributed by atoms with Gasteiger partial charge in [-0.25, -0.2) is 0 Å². The summed E-state index contributed by atoms with van der Waals surface area (Å²) < 4.78 is 0. The molecule has 3 heteroatoms. The van der Waals surface area contributed by atoms with Gasteiger partial charge in [0.15, 0.2) is 0 Å². The highest BCUT2D eigenvalue weighted by Gasteiger charge is 2.15. The van der Waals surface area contributed by atoms with Gasteiger partial charge in [0.25, 0.3) is 0 Å². The van der Waals surface area contributed by atoms with Gasteiger partial charge >= 0.3 is 0 Å². The van der Waals surface area contributed by atoms with E-state index >= 15 is 0 Å². The molecule has 0 unspecified atom stereocenters. The maximum atomic E-state index is 9.35. The molecule has 5 aromatic rings. The van der Waals surface area contributed by atoms with Crippen LogP contribution < -0.4 is 0 Å². The Morgan fingerprint density at radius 3 is 2.26 bits per heavy atom. The molecule has 2 aromatic heterocycles. The first-order valence-electron chi connectivity index (χ1n) is 7.66. The number of benzene rings is 3. The van der Waals surface area contributed by atoms with E-state index in [2.05, 4.69) is 52.4 Å². The first kappa shape index (κ1) is 12.3. The predicted octanol–water partition coefficient (Wildman–Crippen LogP) is 5.02. The Bertz CT molecular complexity index is 1240. The number of nitrogens with one attached hydrogen (secondary N) is 2. The molecule has 0 radical (unpaired) electrons. The van der Waals surface area contributed by atoms with Crippen molar-refractivity contribution in [2.75, 3.05) is 0 Å². The van der Waals surface area contributed by atoms with E-state index in [0.29, 0.717) is 6.42 Å². The van der Waals surface area contributed by atoms with Gasteiger partial charge in [-0.2, -0.15) is 5.26 Å². The molecule has 5 rings (SSSR count). The van der Waals surface area contributed by atoms with E-state index in [1.165, 1.54) is 16.2 Å². The molecule has 3 aromatic carbocycles. The number of nitrogens with zero attached hydrogens (tertiary/aromatic N) is 1. The van der Waals surface area contributed by atoms with Crippen LogP contribution >= 0.6 is 0 Å². The molecule has 0 atom stereocenters. The van der Waals surface area contributed by atoms with Crippen molar-refractivity contribution in [3.05, 3.63) is 60.2 Å². The van der Waals surface area contributed by atoms with Crippen molar-refractivity contribution in [2.24, 2.45) is 0 Å². The van der Waals surface area contributed by atoms with Crippen molar-refractivity contribution in [3.63, 3.8) is 0 Å². The van der Waals surface area contributed by atoms with Crippen molar-refractivity contribution in [2.45, 2.75) is 6.42 Å². The summed E-state index contributed by atoms with van der Waals surface area (Å²) in [6.07, 6.45) is 0.391. The zero-order valence-corrected chi connectivity index (χ0v) is 12.4. The second kappa shape index (κ2) is 4.37. The molecule has 2 heterocycles. The van der Waals surface area contributed by atoms with E-state index < -0.39 is 0 Å². The molecular formula is C20H13N3. The lowest BCUT2D eigenvalue weighted by Crippen LogP contribution is -1.86. The number of hydrogen-bond donors (Lipinski definition) is 2. The summed E-state index contributed by atoms with van der Waals surface area (Å²) in [5.74, 6) is 0. The normalized spacial score (nSPS) is 11.6. The van der Waals surface area contributed by atoms with Gasteiger partial charge < -0.3 is 9.97 Å². The van der Waals surface area contributed by atoms with Crippen LogP contribution in [-0.2, 0) is 6.42 Å². The molecule has 0 aliphatic heterocycles. The minimum atomic E-state index is 0.391. The number of fused-ring (bicyclic) bond motifs is 6. The average molecular weight is 295 g/mol. The maximum absolute atomic E-state index is 9.35. The lowest BCUT2D eigenvalue weighted by molar-refractivity contribution is 1.30. The lowest BCUT2D eigenvalue weighted by Gasteiger charge is -2.03. The van der Waals surface area contributed by atoms with Crippen LogP contribution in [0.2, 0.25) is 0 Å². The number of nitriles is 1. The summed E-state index contributed by atoms with van der Waals surface area (Å²) in [7, 11) is 0. The first-order valence-corrected chi connectivity index (χ1v) is 7.66. The van der Waals surface area contributed by atoms with Crippen molar-refractivity contribution in [3.8, 4) is 6.07 Å². The second-order valence-corrected chi connectivity index (χ2v) is 5.88. The van der Waals surface area contributed by atoms with E-state index in [1.54, 1.807) is 0 Å². The monoisotopic (exact) mass is 295 g/mol. The quantitative estimate of drug-likeness (QED) is 0.448. The molecule has 108 valence electrons. The van der Waals surface area contributed by atoms with Crippen molar-refractivity contribution in [1.29, 1.82) is 5.26 Å². The van der Waals surface area contributed by atoms with E-state index in [1.807, 2.05) is 18.2 Å². The highest BCUT2D eigenvalue weighted by atomic mass is 14.7. The third kappa shape index (κ3) is 1.58. The Kier molecular flexibility index (Phi) is 2.34. The molecule has 0 aliphatic carbocycles. The van der Waals surface area contributed by atoms with Crippen molar-refractivity contribution in [1.82, 2.24) is 9.97 Å². The predicted molar refractivity (Wildman–Crippen MR) is 94.5 cm³/mol. The smallest absolute Gasteiger partial charge is 0.0670 e. The third-order valence-corrected chi connectivity index (χ3v) is 4.63. The Labute approximate surface area is 132 Å². The largest absolute Gasteiger partial charge is 0.354 e. The Morgan fingerprint density at radius 1 is 0.783 bits per heavy atom. The van der Waals surface area contributed by atoms with E-state index in [-0.39, 0.29) is 0 Å². The molecule has 0 bridgehead atoms. The van der Waals surface area contributed by atoms with Gasteiger partial charge in [0, 0.05) is 43.7 Å². The Morgan fingerprint density at radius 2 is 1.48 bits per heavy atom. The third-order valence-electron chi connectivity index (χ3n) is 4.63. The van der Waals surface area contributed by atoms with Crippen molar-refractivity contribution < 1.29 is 0 Å². The zero-order chi connectivity index (χ0) is 15.4. The zero-order valence-electron chi connectivity index (χ0n) is 12.4. The molecule has 0 saturated carbocycles. The fraction of sp³-hybridized carbons (Fsp3) is 0.0500. The van der Waals surface area contributed by atoms with Gasteiger partial charge in [-0.1, -0.05) is 36.4 Å². The molecule has 23 heavy (non-hydrogen) atoms. The summed E-state index contributed by atoms with van der Waals surface area (Å²) in [5.41, 5.74) is 5.46. The number of aromatic amines is 2. The standard InChI is InChI=1S/C20H13N3/c21-10-9-14-19-13-6-2-4-8-17(13)22-18(19)11-15-12-5-1-3-7-16(12)23-20(14)15/h1-8,11,22-23H,9H2. The molecule has 0 saturated heterocycles. The fourth-order valence-electron chi connectivity index (χ4n) is 3.67. The molecule has 0 spiro atoms. The number of para-hydroxylation sites is 2. The molecule has 0 fully saturated rings. The van der Waals surface area contributed by atoms with Gasteiger partial charge in [-0.3, -0.25) is 0 Å². The molecule has 3 nitrogen and oxygen atoms in total. The van der Waals surface area contributed by atoms with Crippen LogP contribution in [0.1, 0.15) is 5.56 Å². The molecule has 2 N–H and O–H groups in total. The van der Waals surface area contributed by atoms with Crippen molar-refractivity contribution >= 4 is 43.6 Å².